The SMILES string of the molecule is O=C(NCC1CCCCN1Cc1sccc1Br)Nc1ccccc1. The van der Waals surface area contributed by atoms with Crippen LogP contribution in [0.4, 0.5) is 10.5 Å². The van der Waals surface area contributed by atoms with Crippen molar-refractivity contribution >= 4 is 39.0 Å². The maximum atomic E-state index is 12.1. The van der Waals surface area contributed by atoms with Gasteiger partial charge in [0.15, 0.2) is 0 Å². The molecule has 1 aromatic heterocycles. The predicted molar refractivity (Wildman–Crippen MR) is 104 cm³/mol. The van der Waals surface area contributed by atoms with Gasteiger partial charge in [-0.3, -0.25) is 4.90 Å². The van der Waals surface area contributed by atoms with Gasteiger partial charge >= 0.3 is 6.03 Å². The van der Waals surface area contributed by atoms with Gasteiger partial charge in [0.05, 0.1) is 0 Å². The Morgan fingerprint density at radius 2 is 2.08 bits per heavy atom. The third kappa shape index (κ3) is 4.82. The number of piperidine rings is 1. The van der Waals surface area contributed by atoms with Gasteiger partial charge in [0.25, 0.3) is 0 Å². The van der Waals surface area contributed by atoms with Crippen LogP contribution in [-0.4, -0.2) is 30.1 Å². The number of hydrogen-bond donors (Lipinski definition) is 2. The molecule has 128 valence electrons. The van der Waals surface area contributed by atoms with E-state index in [9.17, 15) is 4.79 Å². The minimum atomic E-state index is -0.135. The van der Waals surface area contributed by atoms with Crippen molar-refractivity contribution in [1.29, 1.82) is 0 Å². The number of hydrogen-bond acceptors (Lipinski definition) is 3. The van der Waals surface area contributed by atoms with Gasteiger partial charge in [-0.05, 0) is 58.9 Å². The molecular formula is C18H22BrN3OS. The van der Waals surface area contributed by atoms with Crippen LogP contribution in [0.2, 0.25) is 0 Å². The fourth-order valence-electron chi connectivity index (χ4n) is 3.03. The molecule has 1 aliphatic rings. The van der Waals surface area contributed by atoms with Gasteiger partial charge < -0.3 is 10.6 Å². The van der Waals surface area contributed by atoms with E-state index < -0.39 is 0 Å². The van der Waals surface area contributed by atoms with E-state index >= 15 is 0 Å². The van der Waals surface area contributed by atoms with E-state index in [0.29, 0.717) is 12.6 Å². The van der Waals surface area contributed by atoms with Crippen molar-refractivity contribution in [3.8, 4) is 0 Å². The lowest BCUT2D eigenvalue weighted by molar-refractivity contribution is 0.140. The summed E-state index contributed by atoms with van der Waals surface area (Å²) in [7, 11) is 0. The molecule has 2 heterocycles. The normalized spacial score (nSPS) is 18.3. The lowest BCUT2D eigenvalue weighted by atomic mass is 10.0. The molecule has 2 aromatic rings. The highest BCUT2D eigenvalue weighted by atomic mass is 79.9. The topological polar surface area (TPSA) is 44.4 Å². The molecule has 24 heavy (non-hydrogen) atoms. The number of thiophene rings is 1. The second-order valence-corrected chi connectivity index (χ2v) is 7.87. The van der Waals surface area contributed by atoms with Gasteiger partial charge in [0.1, 0.15) is 0 Å². The van der Waals surface area contributed by atoms with Crippen LogP contribution in [0.3, 0.4) is 0 Å². The fourth-order valence-corrected chi connectivity index (χ4v) is 4.53. The van der Waals surface area contributed by atoms with Crippen LogP contribution in [0.25, 0.3) is 0 Å². The molecule has 1 aliphatic heterocycles. The summed E-state index contributed by atoms with van der Waals surface area (Å²) in [6.07, 6.45) is 3.60. The highest BCUT2D eigenvalue weighted by molar-refractivity contribution is 9.10. The Hall–Kier alpha value is -1.37. The van der Waals surface area contributed by atoms with Gasteiger partial charge in [0.2, 0.25) is 0 Å². The molecule has 1 atom stereocenters. The van der Waals surface area contributed by atoms with Crippen molar-refractivity contribution in [1.82, 2.24) is 10.2 Å². The van der Waals surface area contributed by atoms with Crippen LogP contribution in [0.15, 0.2) is 46.3 Å². The molecule has 0 spiro atoms. The van der Waals surface area contributed by atoms with Crippen molar-refractivity contribution in [3.05, 3.63) is 51.1 Å². The maximum Gasteiger partial charge on any atom is 0.319 e. The van der Waals surface area contributed by atoms with E-state index in [1.54, 1.807) is 11.3 Å². The highest BCUT2D eigenvalue weighted by Crippen LogP contribution is 2.27. The van der Waals surface area contributed by atoms with Crippen LogP contribution in [0.5, 0.6) is 0 Å². The van der Waals surface area contributed by atoms with E-state index in [2.05, 4.69) is 42.9 Å². The molecular weight excluding hydrogens is 386 g/mol. The van der Waals surface area contributed by atoms with Gasteiger partial charge in [-0.2, -0.15) is 0 Å². The number of anilines is 1. The summed E-state index contributed by atoms with van der Waals surface area (Å²) in [6, 6.07) is 11.9. The van der Waals surface area contributed by atoms with Gasteiger partial charge in [-0.25, -0.2) is 4.79 Å². The zero-order valence-electron chi connectivity index (χ0n) is 13.5. The summed E-state index contributed by atoms with van der Waals surface area (Å²) >= 11 is 5.40. The Kier molecular flexibility index (Phi) is 6.29. The average molecular weight is 408 g/mol. The minimum Gasteiger partial charge on any atom is -0.336 e. The van der Waals surface area contributed by atoms with Crippen molar-refractivity contribution in [2.75, 3.05) is 18.4 Å². The zero-order chi connectivity index (χ0) is 16.8. The quantitative estimate of drug-likeness (QED) is 0.754. The van der Waals surface area contributed by atoms with Crippen LogP contribution in [0.1, 0.15) is 24.1 Å². The summed E-state index contributed by atoms with van der Waals surface area (Å²) in [6.45, 7) is 2.73. The Morgan fingerprint density at radius 1 is 1.25 bits per heavy atom. The molecule has 0 aliphatic carbocycles. The summed E-state index contributed by atoms with van der Waals surface area (Å²) < 4.78 is 1.19. The Bertz CT molecular complexity index is 661. The lowest BCUT2D eigenvalue weighted by Crippen LogP contribution is -2.46. The number of benzene rings is 1. The van der Waals surface area contributed by atoms with Crippen molar-refractivity contribution in [2.24, 2.45) is 0 Å². The average Bonchev–Trinajstić information content (AvgIpc) is 3.00. The first-order chi connectivity index (χ1) is 11.7. The molecule has 4 nitrogen and oxygen atoms in total. The molecule has 1 unspecified atom stereocenters. The van der Waals surface area contributed by atoms with Crippen LogP contribution < -0.4 is 10.6 Å². The van der Waals surface area contributed by atoms with E-state index in [4.69, 9.17) is 0 Å². The number of amides is 2. The molecule has 1 aromatic carbocycles. The number of carbonyl (C=O) groups is 1. The van der Waals surface area contributed by atoms with Gasteiger partial charge in [-0.15, -0.1) is 11.3 Å². The summed E-state index contributed by atoms with van der Waals surface area (Å²) in [5, 5.41) is 8.02. The standard InChI is InChI=1S/C18H22BrN3OS/c19-16-9-11-24-17(16)13-22-10-5-4-8-15(22)12-20-18(23)21-14-6-2-1-3-7-14/h1-3,6-7,9,11,15H,4-5,8,10,12-13H2,(H2,20,21,23). The van der Waals surface area contributed by atoms with Crippen molar-refractivity contribution in [3.63, 3.8) is 0 Å². The molecule has 0 bridgehead atoms. The molecule has 1 fully saturated rings. The highest BCUT2D eigenvalue weighted by Gasteiger charge is 2.23. The number of nitrogens with one attached hydrogen (secondary N) is 2. The van der Waals surface area contributed by atoms with Gasteiger partial charge in [-0.1, -0.05) is 24.6 Å². The number of urea groups is 1. The number of rotatable bonds is 5. The summed E-state index contributed by atoms with van der Waals surface area (Å²) in [5.74, 6) is 0. The van der Waals surface area contributed by atoms with Crippen LogP contribution in [-0.2, 0) is 6.54 Å². The van der Waals surface area contributed by atoms with Gasteiger partial charge in [0, 0.05) is 34.2 Å². The first kappa shape index (κ1) is 17.5. The van der Waals surface area contributed by atoms with E-state index in [0.717, 1.165) is 25.2 Å². The molecule has 2 N–H and O–H groups in total. The number of para-hydroxylation sites is 1. The smallest absolute Gasteiger partial charge is 0.319 e. The Morgan fingerprint density at radius 3 is 2.83 bits per heavy atom. The largest absolute Gasteiger partial charge is 0.336 e. The molecule has 6 heteroatoms. The first-order valence-electron chi connectivity index (χ1n) is 8.28. The first-order valence-corrected chi connectivity index (χ1v) is 9.95. The van der Waals surface area contributed by atoms with Crippen molar-refractivity contribution < 1.29 is 4.79 Å². The Balaban J connectivity index is 1.52. The van der Waals surface area contributed by atoms with Crippen molar-refractivity contribution in [2.45, 2.75) is 31.8 Å². The van der Waals surface area contributed by atoms with E-state index in [1.165, 1.54) is 22.2 Å². The summed E-state index contributed by atoms with van der Waals surface area (Å²) in [4.78, 5) is 15.9. The predicted octanol–water partition coefficient (Wildman–Crippen LogP) is 4.69. The molecule has 1 saturated heterocycles. The summed E-state index contributed by atoms with van der Waals surface area (Å²) in [5.41, 5.74) is 0.818. The Labute approximate surface area is 155 Å². The zero-order valence-corrected chi connectivity index (χ0v) is 15.9. The minimum absolute atomic E-state index is 0.135. The lowest BCUT2D eigenvalue weighted by Gasteiger charge is -2.35. The number of carbonyl (C=O) groups excluding carboxylic acids is 1. The third-order valence-electron chi connectivity index (χ3n) is 4.32. The van der Waals surface area contributed by atoms with E-state index in [1.807, 2.05) is 30.3 Å². The fraction of sp³-hybridized carbons (Fsp3) is 0.389. The number of nitrogens with zero attached hydrogens (tertiary/aromatic N) is 1. The molecule has 0 radical (unpaired) electrons. The number of halogens is 1. The monoisotopic (exact) mass is 407 g/mol. The second-order valence-electron chi connectivity index (χ2n) is 6.01. The van der Waals surface area contributed by atoms with Crippen LogP contribution in [0, 0.1) is 0 Å². The molecule has 2 amide bonds. The third-order valence-corrected chi connectivity index (χ3v) is 6.23. The molecule has 0 saturated carbocycles. The molecule has 3 rings (SSSR count). The van der Waals surface area contributed by atoms with Crippen LogP contribution >= 0.6 is 27.3 Å². The van der Waals surface area contributed by atoms with E-state index in [-0.39, 0.29) is 6.03 Å². The second kappa shape index (κ2) is 8.65. The number of likely N-dealkylation sites (tertiary alicyclic amines) is 1. The maximum absolute atomic E-state index is 12.1.